The van der Waals surface area contributed by atoms with E-state index in [4.69, 9.17) is 16.3 Å². The number of aromatic nitrogens is 4. The van der Waals surface area contributed by atoms with Crippen molar-refractivity contribution in [3.63, 3.8) is 0 Å². The summed E-state index contributed by atoms with van der Waals surface area (Å²) in [6, 6.07) is 14.8. The highest BCUT2D eigenvalue weighted by Crippen LogP contribution is 2.34. The molecule has 0 bridgehead atoms. The highest BCUT2D eigenvalue weighted by atomic mass is 35.5. The van der Waals surface area contributed by atoms with Gasteiger partial charge in [0, 0.05) is 23.3 Å². The molecule has 1 saturated heterocycles. The summed E-state index contributed by atoms with van der Waals surface area (Å²) < 4.78 is 6.66. The summed E-state index contributed by atoms with van der Waals surface area (Å²) in [5, 5.41) is 7.40. The molecule has 1 amide bonds. The van der Waals surface area contributed by atoms with Crippen molar-refractivity contribution in [1.29, 1.82) is 0 Å². The highest BCUT2D eigenvalue weighted by Gasteiger charge is 2.27. The molecule has 0 aliphatic carbocycles. The number of halogens is 1. The first kappa shape index (κ1) is 24.8. The predicted octanol–water partition coefficient (Wildman–Crippen LogP) is 3.58. The van der Waals surface area contributed by atoms with Crippen LogP contribution in [0.2, 0.25) is 5.02 Å². The predicted molar refractivity (Wildman–Crippen MR) is 149 cm³/mol. The molecule has 39 heavy (non-hydrogen) atoms. The molecule has 0 spiro atoms. The van der Waals surface area contributed by atoms with Crippen LogP contribution in [0.5, 0.6) is 0 Å². The number of aromatic amines is 1. The number of carbonyl (C=O) groups excluding carboxylic acids is 1. The molecule has 5 aromatic rings. The van der Waals surface area contributed by atoms with E-state index < -0.39 is 11.6 Å². The Bertz CT molecular complexity index is 1840. The third-order valence-corrected chi connectivity index (χ3v) is 7.13. The maximum absolute atomic E-state index is 14.2. The Kier molecular flexibility index (Phi) is 6.34. The molecular formula is C28H23ClN6O4. The fraction of sp³-hybridized carbons (Fsp3) is 0.179. The third-order valence-electron chi connectivity index (χ3n) is 6.73. The molecule has 11 heteroatoms. The first-order valence-electron chi connectivity index (χ1n) is 12.3. The summed E-state index contributed by atoms with van der Waals surface area (Å²) in [7, 11) is 0. The Hall–Kier alpha value is -4.54. The van der Waals surface area contributed by atoms with Crippen LogP contribution in [0.25, 0.3) is 27.5 Å². The van der Waals surface area contributed by atoms with Gasteiger partial charge < -0.3 is 20.4 Å². The summed E-state index contributed by atoms with van der Waals surface area (Å²) >= 11 is 7.05. The zero-order chi connectivity index (χ0) is 27.1. The number of hydrogen-bond donors (Lipinski definition) is 3. The molecule has 3 aromatic heterocycles. The molecule has 1 atom stereocenters. The van der Waals surface area contributed by atoms with Crippen molar-refractivity contribution >= 4 is 45.1 Å². The number of anilines is 1. The summed E-state index contributed by atoms with van der Waals surface area (Å²) in [5.41, 5.74) is 0.982. The second kappa shape index (κ2) is 9.97. The lowest BCUT2D eigenvalue weighted by atomic mass is 10.0. The van der Waals surface area contributed by atoms with Gasteiger partial charge in [0.05, 0.1) is 47.0 Å². The van der Waals surface area contributed by atoms with Gasteiger partial charge in [-0.1, -0.05) is 41.9 Å². The molecule has 1 fully saturated rings. The van der Waals surface area contributed by atoms with Crippen LogP contribution in [0.3, 0.4) is 0 Å². The number of rotatable bonds is 6. The lowest BCUT2D eigenvalue weighted by molar-refractivity contribution is -0.00343. The van der Waals surface area contributed by atoms with Crippen molar-refractivity contribution in [3.8, 4) is 5.69 Å². The Labute approximate surface area is 226 Å². The van der Waals surface area contributed by atoms with E-state index >= 15 is 0 Å². The van der Waals surface area contributed by atoms with E-state index in [0.717, 1.165) is 0 Å². The minimum atomic E-state index is -0.586. The Morgan fingerprint density at radius 1 is 1.08 bits per heavy atom. The zero-order valence-corrected chi connectivity index (χ0v) is 21.5. The molecule has 6 rings (SSSR count). The van der Waals surface area contributed by atoms with Crippen molar-refractivity contribution in [2.75, 3.05) is 18.5 Å². The van der Waals surface area contributed by atoms with Crippen LogP contribution in [-0.2, 0) is 4.74 Å². The van der Waals surface area contributed by atoms with Gasteiger partial charge in [-0.3, -0.25) is 19.0 Å². The quantitative estimate of drug-likeness (QED) is 0.299. The molecule has 0 unspecified atom stereocenters. The number of amides is 1. The number of benzene rings is 2. The number of nitrogens with one attached hydrogen (secondary N) is 3. The van der Waals surface area contributed by atoms with E-state index in [1.807, 2.05) is 25.1 Å². The number of hydrogen-bond acceptors (Lipinski definition) is 7. The van der Waals surface area contributed by atoms with E-state index in [9.17, 15) is 14.4 Å². The molecule has 0 saturated carbocycles. The molecule has 1 aliphatic rings. The minimum absolute atomic E-state index is 0.103. The van der Waals surface area contributed by atoms with E-state index in [0.29, 0.717) is 46.5 Å². The van der Waals surface area contributed by atoms with Crippen LogP contribution >= 0.6 is 11.6 Å². The van der Waals surface area contributed by atoms with Crippen LogP contribution < -0.4 is 21.6 Å². The van der Waals surface area contributed by atoms with Gasteiger partial charge in [0.15, 0.2) is 5.43 Å². The van der Waals surface area contributed by atoms with Crippen molar-refractivity contribution in [3.05, 3.63) is 104 Å². The van der Waals surface area contributed by atoms with Gasteiger partial charge >= 0.3 is 0 Å². The summed E-state index contributed by atoms with van der Waals surface area (Å²) in [5.74, 6) is -0.0688. The Morgan fingerprint density at radius 2 is 1.87 bits per heavy atom. The summed E-state index contributed by atoms with van der Waals surface area (Å²) in [6.07, 6.45) is 2.86. The highest BCUT2D eigenvalue weighted by molar-refractivity contribution is 6.36. The first-order valence-corrected chi connectivity index (χ1v) is 12.7. The number of fused-ring (bicyclic) bond motifs is 2. The molecular weight excluding hydrogens is 520 g/mol. The van der Waals surface area contributed by atoms with Gasteiger partial charge in [0.1, 0.15) is 23.2 Å². The average molecular weight is 543 g/mol. The fourth-order valence-corrected chi connectivity index (χ4v) is 5.21. The van der Waals surface area contributed by atoms with Crippen molar-refractivity contribution in [2.45, 2.75) is 19.0 Å². The fourth-order valence-electron chi connectivity index (χ4n) is 4.80. The summed E-state index contributed by atoms with van der Waals surface area (Å²) in [6.45, 7) is 2.68. The number of ether oxygens (including phenoxy) is 1. The average Bonchev–Trinajstić information content (AvgIpc) is 2.92. The smallest absolute Gasteiger partial charge is 0.264 e. The van der Waals surface area contributed by atoms with Gasteiger partial charge in [0.25, 0.3) is 11.5 Å². The number of para-hydroxylation sites is 1. The molecule has 4 heterocycles. The zero-order valence-electron chi connectivity index (χ0n) is 20.8. The Balaban J connectivity index is 1.55. The molecule has 0 radical (unpaired) electrons. The van der Waals surface area contributed by atoms with Gasteiger partial charge in [-0.2, -0.15) is 0 Å². The second-order valence-electron chi connectivity index (χ2n) is 9.27. The van der Waals surface area contributed by atoms with Gasteiger partial charge in [-0.15, -0.1) is 0 Å². The standard InChI is InChI=1S/C28H23ClN6O4/c1-15(33-26-22-20(36)10-11-30-25(22)31-14-32-26)24-23(29)18-8-5-9-19(27(37)34-16-12-39-13-16)21(18)28(38)35(24)17-6-3-2-4-7-17/h2-11,14-16H,12-13H2,1H3,(H,34,37)(H2,30,31,32,33,36)/t15-/m0/s1. The van der Waals surface area contributed by atoms with E-state index in [1.165, 1.54) is 23.2 Å². The van der Waals surface area contributed by atoms with Crippen LogP contribution in [0, 0.1) is 0 Å². The first-order chi connectivity index (χ1) is 18.9. The lowest BCUT2D eigenvalue weighted by Gasteiger charge is -2.27. The second-order valence-corrected chi connectivity index (χ2v) is 9.64. The van der Waals surface area contributed by atoms with Crippen molar-refractivity contribution in [1.82, 2.24) is 24.8 Å². The van der Waals surface area contributed by atoms with E-state index in [1.54, 1.807) is 30.3 Å². The van der Waals surface area contributed by atoms with Crippen LogP contribution in [0.4, 0.5) is 5.82 Å². The van der Waals surface area contributed by atoms with Crippen molar-refractivity contribution < 1.29 is 9.53 Å². The SMILES string of the molecule is C[C@H](Nc1ncnc2[nH]ccc(=O)c12)c1c(Cl)c2cccc(C(=O)NC3COC3)c2c(=O)n1-c1ccccc1. The largest absolute Gasteiger partial charge is 0.377 e. The van der Waals surface area contributed by atoms with Crippen molar-refractivity contribution in [2.24, 2.45) is 0 Å². The van der Waals surface area contributed by atoms with Crippen LogP contribution in [-0.4, -0.2) is 44.7 Å². The normalized spacial score (nSPS) is 14.2. The van der Waals surface area contributed by atoms with Gasteiger partial charge in [-0.25, -0.2) is 9.97 Å². The maximum Gasteiger partial charge on any atom is 0.264 e. The summed E-state index contributed by atoms with van der Waals surface area (Å²) in [4.78, 5) is 51.4. The minimum Gasteiger partial charge on any atom is -0.377 e. The number of nitrogens with zero attached hydrogens (tertiary/aromatic N) is 3. The third kappa shape index (κ3) is 4.33. The molecule has 1 aliphatic heterocycles. The van der Waals surface area contributed by atoms with E-state index in [-0.39, 0.29) is 33.7 Å². The lowest BCUT2D eigenvalue weighted by Crippen LogP contribution is -2.48. The number of carbonyl (C=O) groups is 1. The van der Waals surface area contributed by atoms with Crippen LogP contribution in [0.1, 0.15) is 29.0 Å². The molecule has 196 valence electrons. The Morgan fingerprint density at radius 3 is 2.62 bits per heavy atom. The van der Waals surface area contributed by atoms with Gasteiger partial charge in [-0.05, 0) is 25.1 Å². The molecule has 10 nitrogen and oxygen atoms in total. The van der Waals surface area contributed by atoms with Crippen LogP contribution in [0.15, 0.2) is 76.7 Å². The molecule has 2 aromatic carbocycles. The van der Waals surface area contributed by atoms with Gasteiger partial charge in [0.2, 0.25) is 0 Å². The topological polar surface area (TPSA) is 131 Å². The molecule has 3 N–H and O–H groups in total. The maximum atomic E-state index is 14.2. The number of pyridine rings is 2. The number of H-pyrrole nitrogens is 1. The monoisotopic (exact) mass is 542 g/mol. The van der Waals surface area contributed by atoms with E-state index in [2.05, 4.69) is 25.6 Å².